The fourth-order valence-electron chi connectivity index (χ4n) is 0.773. The van der Waals surface area contributed by atoms with E-state index in [-0.39, 0.29) is 5.69 Å². The third-order valence-corrected chi connectivity index (χ3v) is 2.32. The third-order valence-electron chi connectivity index (χ3n) is 1.43. The van der Waals surface area contributed by atoms with Crippen molar-refractivity contribution in [3.05, 3.63) is 31.2 Å². The van der Waals surface area contributed by atoms with Gasteiger partial charge in [-0.1, -0.05) is 0 Å². The average Bonchev–Trinajstić information content (AvgIpc) is 1.96. The van der Waals surface area contributed by atoms with Gasteiger partial charge in [0.2, 0.25) is 0 Å². The molecule has 1 aromatic rings. The summed E-state index contributed by atoms with van der Waals surface area (Å²) in [5, 5.41) is 0. The fraction of sp³-hybridized carbons (Fsp3) is 0.286. The number of rotatable bonds is 1. The summed E-state index contributed by atoms with van der Waals surface area (Å²) in [5.74, 6) is 0. The molecule has 5 heteroatoms. The molecule has 0 aliphatic rings. The van der Waals surface area contributed by atoms with Gasteiger partial charge in [-0.05, 0) is 35.6 Å². The lowest BCUT2D eigenvalue weighted by molar-refractivity contribution is 0.144. The average molecular weight is 285 g/mol. The number of aryl methyl sites for hydroxylation is 1. The first kappa shape index (κ1) is 9.63. The lowest BCUT2D eigenvalue weighted by atomic mass is 10.3. The SMILES string of the molecule is Cc1cc(I)c(C(F)F)[nH]c1=O. The summed E-state index contributed by atoms with van der Waals surface area (Å²) in [6.45, 7) is 1.58. The second kappa shape index (κ2) is 3.51. The van der Waals surface area contributed by atoms with Crippen molar-refractivity contribution < 1.29 is 8.78 Å². The van der Waals surface area contributed by atoms with E-state index >= 15 is 0 Å². The van der Waals surface area contributed by atoms with Crippen molar-refractivity contribution in [1.82, 2.24) is 4.98 Å². The lowest BCUT2D eigenvalue weighted by Crippen LogP contribution is -2.13. The van der Waals surface area contributed by atoms with Crippen LogP contribution in [0.5, 0.6) is 0 Å². The molecule has 0 unspecified atom stereocenters. The van der Waals surface area contributed by atoms with Crippen LogP contribution in [0.1, 0.15) is 17.7 Å². The Morgan fingerprint density at radius 3 is 2.67 bits per heavy atom. The van der Waals surface area contributed by atoms with Crippen LogP contribution in [0.25, 0.3) is 0 Å². The molecule has 1 aromatic heterocycles. The van der Waals surface area contributed by atoms with E-state index in [9.17, 15) is 13.6 Å². The summed E-state index contributed by atoms with van der Waals surface area (Å²) in [6.07, 6.45) is -2.62. The number of H-pyrrole nitrogens is 1. The first-order valence-electron chi connectivity index (χ1n) is 3.20. The van der Waals surface area contributed by atoms with Gasteiger partial charge in [-0.25, -0.2) is 8.78 Å². The van der Waals surface area contributed by atoms with E-state index < -0.39 is 12.0 Å². The van der Waals surface area contributed by atoms with Gasteiger partial charge in [-0.3, -0.25) is 4.79 Å². The number of hydrogen-bond acceptors (Lipinski definition) is 1. The largest absolute Gasteiger partial charge is 0.320 e. The molecule has 0 bridgehead atoms. The van der Waals surface area contributed by atoms with Gasteiger partial charge in [0.25, 0.3) is 12.0 Å². The van der Waals surface area contributed by atoms with Crippen molar-refractivity contribution in [2.24, 2.45) is 0 Å². The van der Waals surface area contributed by atoms with E-state index in [1.165, 1.54) is 6.07 Å². The molecular weight excluding hydrogens is 279 g/mol. The molecule has 1 heterocycles. The number of aromatic nitrogens is 1. The highest BCUT2D eigenvalue weighted by molar-refractivity contribution is 14.1. The second-order valence-corrected chi connectivity index (χ2v) is 3.51. The normalized spacial score (nSPS) is 10.8. The van der Waals surface area contributed by atoms with Gasteiger partial charge in [0.05, 0.1) is 5.69 Å². The topological polar surface area (TPSA) is 32.9 Å². The van der Waals surface area contributed by atoms with E-state index in [1.54, 1.807) is 29.5 Å². The Labute approximate surface area is 81.1 Å². The molecule has 0 aliphatic carbocycles. The lowest BCUT2D eigenvalue weighted by Gasteiger charge is -2.02. The Balaban J connectivity index is 3.33. The fourth-order valence-corrected chi connectivity index (χ4v) is 1.61. The molecule has 0 spiro atoms. The quantitative estimate of drug-likeness (QED) is 0.788. The monoisotopic (exact) mass is 285 g/mol. The first-order chi connectivity index (χ1) is 5.52. The minimum Gasteiger partial charge on any atom is -0.320 e. The predicted molar refractivity (Wildman–Crippen MR) is 49.5 cm³/mol. The molecule has 0 aliphatic heterocycles. The van der Waals surface area contributed by atoms with Crippen LogP contribution < -0.4 is 5.56 Å². The second-order valence-electron chi connectivity index (χ2n) is 2.34. The van der Waals surface area contributed by atoms with Crippen LogP contribution in [0.2, 0.25) is 0 Å². The smallest absolute Gasteiger partial charge is 0.279 e. The van der Waals surface area contributed by atoms with E-state index in [4.69, 9.17) is 0 Å². The number of hydrogen-bond donors (Lipinski definition) is 1. The molecule has 2 nitrogen and oxygen atoms in total. The Morgan fingerprint density at radius 1 is 1.58 bits per heavy atom. The zero-order chi connectivity index (χ0) is 9.30. The Hall–Kier alpha value is -0.460. The van der Waals surface area contributed by atoms with Gasteiger partial charge >= 0.3 is 0 Å². The van der Waals surface area contributed by atoms with Gasteiger partial charge in [0, 0.05) is 9.13 Å². The van der Waals surface area contributed by atoms with Gasteiger partial charge in [-0.15, -0.1) is 0 Å². The molecule has 0 amide bonds. The van der Waals surface area contributed by atoms with Crippen LogP contribution in [0.15, 0.2) is 10.9 Å². The third kappa shape index (κ3) is 1.82. The van der Waals surface area contributed by atoms with Crippen LogP contribution in [-0.2, 0) is 0 Å². The summed E-state index contributed by atoms with van der Waals surface area (Å²) < 4.78 is 24.7. The van der Waals surface area contributed by atoms with E-state index in [2.05, 4.69) is 4.98 Å². The van der Waals surface area contributed by atoms with Gasteiger partial charge in [0.15, 0.2) is 0 Å². The molecule has 1 rings (SSSR count). The Morgan fingerprint density at radius 2 is 2.17 bits per heavy atom. The summed E-state index contributed by atoms with van der Waals surface area (Å²) in [5.41, 5.74) is -0.305. The first-order valence-corrected chi connectivity index (χ1v) is 4.27. The summed E-state index contributed by atoms with van der Waals surface area (Å²) in [4.78, 5) is 13.0. The van der Waals surface area contributed by atoms with Gasteiger partial charge in [-0.2, -0.15) is 0 Å². The maximum atomic E-state index is 12.2. The molecule has 0 atom stereocenters. The Bertz CT molecular complexity index is 348. The molecule has 0 aromatic carbocycles. The van der Waals surface area contributed by atoms with E-state index in [0.29, 0.717) is 9.13 Å². The summed E-state index contributed by atoms with van der Waals surface area (Å²) in [6, 6.07) is 1.45. The van der Waals surface area contributed by atoms with Crippen LogP contribution in [-0.4, -0.2) is 4.98 Å². The van der Waals surface area contributed by atoms with Crippen molar-refractivity contribution in [2.45, 2.75) is 13.3 Å². The predicted octanol–water partition coefficient (Wildman–Crippen LogP) is 2.23. The molecule has 0 radical (unpaired) electrons. The van der Waals surface area contributed by atoms with Gasteiger partial charge in [0.1, 0.15) is 0 Å². The van der Waals surface area contributed by atoms with Crippen molar-refractivity contribution >= 4 is 22.6 Å². The standard InChI is InChI=1S/C7H6F2INO/c1-3-2-4(10)5(6(8)9)11-7(3)12/h2,6H,1H3,(H,11,12). The maximum absolute atomic E-state index is 12.2. The number of alkyl halides is 2. The molecular formula is C7H6F2INO. The van der Waals surface area contributed by atoms with Gasteiger partial charge < -0.3 is 4.98 Å². The maximum Gasteiger partial charge on any atom is 0.279 e. The van der Waals surface area contributed by atoms with Crippen LogP contribution >= 0.6 is 22.6 Å². The Kier molecular flexibility index (Phi) is 2.81. The summed E-state index contributed by atoms with van der Waals surface area (Å²) in [7, 11) is 0. The molecule has 0 fully saturated rings. The zero-order valence-corrected chi connectivity index (χ0v) is 8.35. The van der Waals surface area contributed by atoms with Crippen molar-refractivity contribution in [2.75, 3.05) is 0 Å². The summed E-state index contributed by atoms with van der Waals surface area (Å²) >= 11 is 1.77. The van der Waals surface area contributed by atoms with Crippen LogP contribution in [0, 0.1) is 10.5 Å². The number of aromatic amines is 1. The van der Waals surface area contributed by atoms with Crippen LogP contribution in [0.4, 0.5) is 8.78 Å². The molecule has 1 N–H and O–H groups in total. The molecule has 12 heavy (non-hydrogen) atoms. The van der Waals surface area contributed by atoms with Crippen molar-refractivity contribution in [3.8, 4) is 0 Å². The minimum absolute atomic E-state index is 0.300. The zero-order valence-electron chi connectivity index (χ0n) is 6.20. The highest BCUT2D eigenvalue weighted by Crippen LogP contribution is 2.20. The van der Waals surface area contributed by atoms with E-state index in [1.807, 2.05) is 0 Å². The van der Waals surface area contributed by atoms with Crippen LogP contribution in [0.3, 0.4) is 0 Å². The van der Waals surface area contributed by atoms with Crippen molar-refractivity contribution in [3.63, 3.8) is 0 Å². The molecule has 0 saturated carbocycles. The minimum atomic E-state index is -2.62. The van der Waals surface area contributed by atoms with E-state index in [0.717, 1.165) is 0 Å². The number of halogens is 3. The highest BCUT2D eigenvalue weighted by atomic mass is 127. The molecule has 66 valence electrons. The van der Waals surface area contributed by atoms with Crippen molar-refractivity contribution in [1.29, 1.82) is 0 Å². The highest BCUT2D eigenvalue weighted by Gasteiger charge is 2.12. The molecule has 0 saturated heterocycles. The number of nitrogens with one attached hydrogen (secondary N) is 1. The number of pyridine rings is 1.